The first-order valence-electron chi connectivity index (χ1n) is 8.23. The lowest BCUT2D eigenvalue weighted by Crippen LogP contribution is -2.33. The van der Waals surface area contributed by atoms with E-state index in [1.807, 2.05) is 0 Å². The maximum atomic E-state index is 12.7. The van der Waals surface area contributed by atoms with Crippen molar-refractivity contribution >= 4 is 17.7 Å². The number of benzene rings is 1. The maximum Gasteiger partial charge on any atom is 0.320 e. The van der Waals surface area contributed by atoms with Gasteiger partial charge < -0.3 is 18.8 Å². The number of esters is 2. The summed E-state index contributed by atoms with van der Waals surface area (Å²) < 4.78 is 16.3. The van der Waals surface area contributed by atoms with E-state index in [0.717, 1.165) is 0 Å². The minimum absolute atomic E-state index is 0.119. The molecule has 8 heteroatoms. The molecule has 0 saturated heterocycles. The van der Waals surface area contributed by atoms with Crippen LogP contribution in [0.5, 0.6) is 5.75 Å². The number of nitrogens with zero attached hydrogens (tertiary/aromatic N) is 2. The van der Waals surface area contributed by atoms with Gasteiger partial charge in [-0.1, -0.05) is 12.1 Å². The summed E-state index contributed by atoms with van der Waals surface area (Å²) in [6.45, 7) is 0. The van der Waals surface area contributed by atoms with Crippen LogP contribution in [-0.2, 0) is 26.1 Å². The van der Waals surface area contributed by atoms with Crippen molar-refractivity contribution in [1.29, 1.82) is 0 Å². The Hall–Kier alpha value is -3.16. The lowest BCUT2D eigenvalue weighted by Gasteiger charge is -2.23. The monoisotopic (exact) mass is 374 g/mol. The molecule has 2 aromatic rings. The summed E-state index contributed by atoms with van der Waals surface area (Å²) in [4.78, 5) is 41.4. The van der Waals surface area contributed by atoms with Crippen LogP contribution in [0.4, 0.5) is 0 Å². The summed E-state index contributed by atoms with van der Waals surface area (Å²) in [6, 6.07) is 6.79. The Morgan fingerprint density at radius 2 is 1.63 bits per heavy atom. The number of aromatic nitrogens is 2. The molecule has 27 heavy (non-hydrogen) atoms. The summed E-state index contributed by atoms with van der Waals surface area (Å²) in [7, 11) is 5.59. The molecule has 2 rings (SSSR count). The Kier molecular flexibility index (Phi) is 6.70. The van der Waals surface area contributed by atoms with Crippen LogP contribution in [0.15, 0.2) is 36.7 Å². The third-order valence-electron chi connectivity index (χ3n) is 4.33. The molecule has 0 bridgehead atoms. The average molecular weight is 374 g/mol. The van der Waals surface area contributed by atoms with Gasteiger partial charge in [-0.25, -0.2) is 4.98 Å². The third kappa shape index (κ3) is 4.52. The highest BCUT2D eigenvalue weighted by Crippen LogP contribution is 2.32. The standard InChI is InChI=1S/C19H22N2O6/c1-21-10-9-20-17(21)15(22)11-14(12-5-7-13(25-2)8-6-12)16(18(23)26-3)19(24)27-4/h5-10,14,16H,11H2,1-4H3. The fourth-order valence-electron chi connectivity index (χ4n) is 2.88. The van der Waals surface area contributed by atoms with Gasteiger partial charge in [0.1, 0.15) is 5.75 Å². The lowest BCUT2D eigenvalue weighted by molar-refractivity contribution is -0.159. The zero-order valence-electron chi connectivity index (χ0n) is 15.7. The first-order valence-corrected chi connectivity index (χ1v) is 8.23. The number of carbonyl (C=O) groups excluding carboxylic acids is 3. The normalized spacial score (nSPS) is 11.7. The SMILES string of the molecule is COC(=O)C(C(=O)OC)C(CC(=O)c1nccn1C)c1ccc(OC)cc1. The van der Waals surface area contributed by atoms with E-state index in [2.05, 4.69) is 4.98 Å². The number of ketones is 1. The molecular formula is C19H22N2O6. The quantitative estimate of drug-likeness (QED) is 0.394. The molecule has 0 N–H and O–H groups in total. The number of carbonyl (C=O) groups is 3. The van der Waals surface area contributed by atoms with E-state index in [-0.39, 0.29) is 18.0 Å². The van der Waals surface area contributed by atoms with E-state index < -0.39 is 23.8 Å². The van der Waals surface area contributed by atoms with Crippen LogP contribution >= 0.6 is 0 Å². The summed E-state index contributed by atoms with van der Waals surface area (Å²) >= 11 is 0. The second kappa shape index (κ2) is 8.98. The van der Waals surface area contributed by atoms with Crippen molar-refractivity contribution in [2.75, 3.05) is 21.3 Å². The first-order chi connectivity index (χ1) is 12.9. The van der Waals surface area contributed by atoms with Gasteiger partial charge in [-0.15, -0.1) is 0 Å². The van der Waals surface area contributed by atoms with Crippen molar-refractivity contribution in [3.05, 3.63) is 48.0 Å². The minimum Gasteiger partial charge on any atom is -0.497 e. The molecule has 8 nitrogen and oxygen atoms in total. The Morgan fingerprint density at radius 3 is 2.07 bits per heavy atom. The van der Waals surface area contributed by atoms with Gasteiger partial charge in [0.15, 0.2) is 17.5 Å². The largest absolute Gasteiger partial charge is 0.497 e. The van der Waals surface area contributed by atoms with Crippen molar-refractivity contribution in [2.45, 2.75) is 12.3 Å². The van der Waals surface area contributed by atoms with Crippen molar-refractivity contribution in [2.24, 2.45) is 13.0 Å². The maximum absolute atomic E-state index is 12.7. The number of rotatable bonds is 8. The van der Waals surface area contributed by atoms with Crippen LogP contribution in [0, 0.1) is 5.92 Å². The number of Topliss-reactive ketones (excluding diaryl/α,β-unsaturated/α-hetero) is 1. The highest BCUT2D eigenvalue weighted by Gasteiger charge is 2.39. The number of hydrogen-bond donors (Lipinski definition) is 0. The van der Waals surface area contributed by atoms with Crippen LogP contribution < -0.4 is 4.74 Å². The van der Waals surface area contributed by atoms with Crippen molar-refractivity contribution in [1.82, 2.24) is 9.55 Å². The molecule has 0 spiro atoms. The van der Waals surface area contributed by atoms with Gasteiger partial charge in [-0.2, -0.15) is 0 Å². The molecule has 0 aliphatic heterocycles. The molecule has 0 aliphatic rings. The molecule has 0 saturated carbocycles. The number of ether oxygens (including phenoxy) is 3. The van der Waals surface area contributed by atoms with Crippen LogP contribution in [0.1, 0.15) is 28.5 Å². The highest BCUT2D eigenvalue weighted by molar-refractivity contribution is 5.98. The van der Waals surface area contributed by atoms with Gasteiger partial charge in [0.25, 0.3) is 0 Å². The van der Waals surface area contributed by atoms with Crippen LogP contribution in [0.2, 0.25) is 0 Å². The number of hydrogen-bond acceptors (Lipinski definition) is 7. The lowest BCUT2D eigenvalue weighted by atomic mass is 9.82. The molecule has 0 aliphatic carbocycles. The summed E-state index contributed by atoms with van der Waals surface area (Å²) in [6.07, 6.45) is 3.04. The predicted molar refractivity (Wildman–Crippen MR) is 95.4 cm³/mol. The highest BCUT2D eigenvalue weighted by atomic mass is 16.5. The van der Waals surface area contributed by atoms with Crippen LogP contribution in [0.25, 0.3) is 0 Å². The van der Waals surface area contributed by atoms with Gasteiger partial charge in [0.05, 0.1) is 21.3 Å². The fraction of sp³-hybridized carbons (Fsp3) is 0.368. The average Bonchev–Trinajstić information content (AvgIpc) is 3.12. The molecule has 1 aromatic carbocycles. The van der Waals surface area contributed by atoms with E-state index in [4.69, 9.17) is 14.2 Å². The van der Waals surface area contributed by atoms with Crippen LogP contribution in [-0.4, -0.2) is 48.6 Å². The number of aryl methyl sites for hydroxylation is 1. The smallest absolute Gasteiger partial charge is 0.320 e. The zero-order chi connectivity index (χ0) is 20.0. The molecule has 1 unspecified atom stereocenters. The molecule has 144 valence electrons. The molecule has 0 amide bonds. The molecule has 0 fully saturated rings. The van der Waals surface area contributed by atoms with Crippen molar-refractivity contribution in [3.8, 4) is 5.75 Å². The van der Waals surface area contributed by atoms with E-state index in [1.165, 1.54) is 27.5 Å². The van der Waals surface area contributed by atoms with Gasteiger partial charge >= 0.3 is 11.9 Å². The van der Waals surface area contributed by atoms with Gasteiger partial charge in [-0.05, 0) is 17.7 Å². The van der Waals surface area contributed by atoms with E-state index in [9.17, 15) is 14.4 Å². The molecule has 0 radical (unpaired) electrons. The Morgan fingerprint density at radius 1 is 1.04 bits per heavy atom. The van der Waals surface area contributed by atoms with Gasteiger partial charge in [0.2, 0.25) is 0 Å². The predicted octanol–water partition coefficient (Wildman–Crippen LogP) is 1.75. The molecule has 1 heterocycles. The van der Waals surface area contributed by atoms with Crippen LogP contribution in [0.3, 0.4) is 0 Å². The van der Waals surface area contributed by atoms with E-state index in [0.29, 0.717) is 11.3 Å². The van der Waals surface area contributed by atoms with E-state index >= 15 is 0 Å². The molecule has 1 aromatic heterocycles. The zero-order valence-corrected chi connectivity index (χ0v) is 15.7. The molecule has 1 atom stereocenters. The second-order valence-electron chi connectivity index (χ2n) is 5.89. The first kappa shape index (κ1) is 20.2. The topological polar surface area (TPSA) is 96.7 Å². The Balaban J connectivity index is 2.45. The summed E-state index contributed by atoms with van der Waals surface area (Å²) in [5.41, 5.74) is 0.610. The molecular weight excluding hydrogens is 352 g/mol. The minimum atomic E-state index is -1.28. The third-order valence-corrected chi connectivity index (χ3v) is 4.33. The fourth-order valence-corrected chi connectivity index (χ4v) is 2.88. The second-order valence-corrected chi connectivity index (χ2v) is 5.89. The summed E-state index contributed by atoms with van der Waals surface area (Å²) in [5, 5.41) is 0. The van der Waals surface area contributed by atoms with E-state index in [1.54, 1.807) is 42.1 Å². The Bertz CT molecular complexity index is 796. The Labute approximate surface area is 157 Å². The summed E-state index contributed by atoms with van der Waals surface area (Å²) in [5.74, 6) is -3.05. The van der Waals surface area contributed by atoms with Gasteiger partial charge in [-0.3, -0.25) is 14.4 Å². The van der Waals surface area contributed by atoms with Crippen molar-refractivity contribution < 1.29 is 28.6 Å². The van der Waals surface area contributed by atoms with Gasteiger partial charge in [0, 0.05) is 31.8 Å². The number of methoxy groups -OCH3 is 3. The number of imidazole rings is 1. The van der Waals surface area contributed by atoms with Crippen molar-refractivity contribution in [3.63, 3.8) is 0 Å².